The molecule has 0 amide bonds. The Morgan fingerprint density at radius 2 is 1.53 bits per heavy atom. The van der Waals surface area contributed by atoms with Crippen molar-refractivity contribution in [1.29, 1.82) is 0 Å². The van der Waals surface area contributed by atoms with E-state index in [2.05, 4.69) is 5.32 Å². The molecular formula is C14H11F4N. The van der Waals surface area contributed by atoms with E-state index in [0.29, 0.717) is 0 Å². The van der Waals surface area contributed by atoms with Crippen molar-refractivity contribution in [3.8, 4) is 0 Å². The van der Waals surface area contributed by atoms with E-state index < -0.39 is 23.3 Å². The van der Waals surface area contributed by atoms with Gasteiger partial charge in [-0.2, -0.15) is 0 Å². The van der Waals surface area contributed by atoms with Crippen LogP contribution in [0.4, 0.5) is 23.2 Å². The number of hydrogen-bond acceptors (Lipinski definition) is 1. The zero-order chi connectivity index (χ0) is 14.0. The van der Waals surface area contributed by atoms with E-state index in [4.69, 9.17) is 0 Å². The number of halogens is 4. The van der Waals surface area contributed by atoms with Crippen LogP contribution in [-0.4, -0.2) is 0 Å². The van der Waals surface area contributed by atoms with E-state index in [9.17, 15) is 17.6 Å². The number of benzene rings is 2. The average Bonchev–Trinajstić information content (AvgIpc) is 2.34. The van der Waals surface area contributed by atoms with E-state index in [1.807, 2.05) is 0 Å². The summed E-state index contributed by atoms with van der Waals surface area (Å²) in [6.45, 7) is 1.74. The molecule has 0 aromatic heterocycles. The summed E-state index contributed by atoms with van der Waals surface area (Å²) in [5, 5.41) is 2.70. The first-order valence-corrected chi connectivity index (χ1v) is 5.61. The van der Waals surface area contributed by atoms with Gasteiger partial charge in [0.25, 0.3) is 0 Å². The molecule has 0 spiro atoms. The molecule has 0 saturated carbocycles. The van der Waals surface area contributed by atoms with Crippen molar-refractivity contribution in [2.75, 3.05) is 5.32 Å². The SMILES string of the molecule is Cc1ccc(NCc2cc(F)c(F)c(F)c2)c(F)c1. The van der Waals surface area contributed by atoms with Crippen molar-refractivity contribution in [2.24, 2.45) is 0 Å². The highest BCUT2D eigenvalue weighted by Gasteiger charge is 2.10. The van der Waals surface area contributed by atoms with Gasteiger partial charge in [-0.15, -0.1) is 0 Å². The molecule has 1 N–H and O–H groups in total. The quantitative estimate of drug-likeness (QED) is 0.651. The van der Waals surface area contributed by atoms with E-state index in [-0.39, 0.29) is 17.8 Å². The molecule has 100 valence electrons. The Balaban J connectivity index is 2.14. The third-order valence-corrected chi connectivity index (χ3v) is 2.65. The Hall–Kier alpha value is -2.04. The van der Waals surface area contributed by atoms with Crippen molar-refractivity contribution < 1.29 is 17.6 Å². The van der Waals surface area contributed by atoms with Gasteiger partial charge < -0.3 is 5.32 Å². The second kappa shape index (κ2) is 5.30. The monoisotopic (exact) mass is 269 g/mol. The van der Waals surface area contributed by atoms with Crippen LogP contribution in [0.5, 0.6) is 0 Å². The second-order valence-electron chi connectivity index (χ2n) is 4.21. The minimum Gasteiger partial charge on any atom is -0.379 e. The predicted molar refractivity (Wildman–Crippen MR) is 64.8 cm³/mol. The first-order valence-electron chi connectivity index (χ1n) is 5.61. The fourth-order valence-corrected chi connectivity index (χ4v) is 1.67. The highest BCUT2D eigenvalue weighted by Crippen LogP contribution is 2.18. The Morgan fingerprint density at radius 3 is 2.11 bits per heavy atom. The maximum absolute atomic E-state index is 13.5. The Labute approximate surface area is 107 Å². The molecule has 0 saturated heterocycles. The highest BCUT2D eigenvalue weighted by molar-refractivity contribution is 5.46. The molecule has 19 heavy (non-hydrogen) atoms. The van der Waals surface area contributed by atoms with Gasteiger partial charge in [0.15, 0.2) is 17.5 Å². The largest absolute Gasteiger partial charge is 0.379 e. The summed E-state index contributed by atoms with van der Waals surface area (Å²) in [4.78, 5) is 0. The molecule has 0 aliphatic rings. The lowest BCUT2D eigenvalue weighted by Gasteiger charge is -2.09. The van der Waals surface area contributed by atoms with Crippen LogP contribution < -0.4 is 5.32 Å². The molecule has 0 aliphatic heterocycles. The van der Waals surface area contributed by atoms with Crippen LogP contribution in [0.15, 0.2) is 30.3 Å². The third-order valence-electron chi connectivity index (χ3n) is 2.65. The topological polar surface area (TPSA) is 12.0 Å². The first kappa shape index (κ1) is 13.4. The van der Waals surface area contributed by atoms with Gasteiger partial charge >= 0.3 is 0 Å². The maximum Gasteiger partial charge on any atom is 0.194 e. The van der Waals surface area contributed by atoms with Gasteiger partial charge in [0.05, 0.1) is 5.69 Å². The number of nitrogens with one attached hydrogen (secondary N) is 1. The summed E-state index contributed by atoms with van der Waals surface area (Å²) in [6, 6.07) is 6.32. The van der Waals surface area contributed by atoms with Crippen LogP contribution >= 0.6 is 0 Å². The van der Waals surface area contributed by atoms with E-state index in [1.54, 1.807) is 13.0 Å². The minimum absolute atomic E-state index is 0.00585. The molecule has 2 aromatic carbocycles. The van der Waals surface area contributed by atoms with Crippen molar-refractivity contribution in [2.45, 2.75) is 13.5 Å². The fraction of sp³-hybridized carbons (Fsp3) is 0.143. The zero-order valence-electron chi connectivity index (χ0n) is 10.1. The van der Waals surface area contributed by atoms with Crippen LogP contribution in [0.1, 0.15) is 11.1 Å². The molecule has 0 fully saturated rings. The van der Waals surface area contributed by atoms with E-state index in [0.717, 1.165) is 17.7 Å². The van der Waals surface area contributed by atoms with Crippen molar-refractivity contribution in [3.63, 3.8) is 0 Å². The maximum atomic E-state index is 13.5. The normalized spacial score (nSPS) is 10.6. The summed E-state index contributed by atoms with van der Waals surface area (Å²) < 4.78 is 52.2. The number of anilines is 1. The Morgan fingerprint density at radius 1 is 0.895 bits per heavy atom. The molecule has 0 aliphatic carbocycles. The van der Waals surface area contributed by atoms with E-state index in [1.165, 1.54) is 12.1 Å². The van der Waals surface area contributed by atoms with Gasteiger partial charge in [0, 0.05) is 6.54 Å². The number of aryl methyl sites for hydroxylation is 1. The second-order valence-corrected chi connectivity index (χ2v) is 4.21. The molecule has 0 bridgehead atoms. The summed E-state index contributed by atoms with van der Waals surface area (Å²) in [7, 11) is 0. The van der Waals surface area contributed by atoms with Gasteiger partial charge in [0.2, 0.25) is 0 Å². The van der Waals surface area contributed by atoms with Gasteiger partial charge in [-0.05, 0) is 42.3 Å². The van der Waals surface area contributed by atoms with Crippen LogP contribution in [-0.2, 0) is 6.54 Å². The molecular weight excluding hydrogens is 258 g/mol. The van der Waals surface area contributed by atoms with Gasteiger partial charge in [0.1, 0.15) is 5.82 Å². The van der Waals surface area contributed by atoms with Gasteiger partial charge in [-0.1, -0.05) is 6.07 Å². The molecule has 0 heterocycles. The van der Waals surface area contributed by atoms with E-state index >= 15 is 0 Å². The molecule has 0 radical (unpaired) electrons. The minimum atomic E-state index is -1.51. The summed E-state index contributed by atoms with van der Waals surface area (Å²) in [6.07, 6.45) is 0. The van der Waals surface area contributed by atoms with Crippen molar-refractivity contribution >= 4 is 5.69 Å². The molecule has 5 heteroatoms. The lowest BCUT2D eigenvalue weighted by Crippen LogP contribution is -2.04. The molecule has 0 unspecified atom stereocenters. The number of hydrogen-bond donors (Lipinski definition) is 1. The summed E-state index contributed by atoms with van der Waals surface area (Å²) in [5.41, 5.74) is 1.18. The molecule has 2 rings (SSSR count). The molecule has 1 nitrogen and oxygen atoms in total. The highest BCUT2D eigenvalue weighted by atomic mass is 19.2. The standard InChI is InChI=1S/C14H11F4N/c1-8-2-3-13(10(15)4-8)19-7-9-5-11(16)14(18)12(17)6-9/h2-6,19H,7H2,1H3. The predicted octanol–water partition coefficient (Wildman–Crippen LogP) is 4.16. The lowest BCUT2D eigenvalue weighted by atomic mass is 10.2. The fourth-order valence-electron chi connectivity index (χ4n) is 1.67. The van der Waals surface area contributed by atoms with Crippen LogP contribution in [0.25, 0.3) is 0 Å². The van der Waals surface area contributed by atoms with Crippen LogP contribution in [0.3, 0.4) is 0 Å². The Kier molecular flexibility index (Phi) is 3.74. The number of rotatable bonds is 3. The van der Waals surface area contributed by atoms with Crippen LogP contribution in [0.2, 0.25) is 0 Å². The molecule has 0 atom stereocenters. The zero-order valence-corrected chi connectivity index (χ0v) is 10.1. The lowest BCUT2D eigenvalue weighted by molar-refractivity contribution is 0.445. The third kappa shape index (κ3) is 3.05. The summed E-state index contributed by atoms with van der Waals surface area (Å²) in [5.74, 6) is -4.49. The Bertz CT molecular complexity index is 587. The first-order chi connectivity index (χ1) is 8.97. The summed E-state index contributed by atoms with van der Waals surface area (Å²) >= 11 is 0. The van der Waals surface area contributed by atoms with Crippen LogP contribution in [0, 0.1) is 30.2 Å². The average molecular weight is 269 g/mol. The van der Waals surface area contributed by atoms with Gasteiger partial charge in [-0.25, -0.2) is 17.6 Å². The van der Waals surface area contributed by atoms with Crippen molar-refractivity contribution in [3.05, 3.63) is 64.7 Å². The van der Waals surface area contributed by atoms with Crippen molar-refractivity contribution in [1.82, 2.24) is 0 Å². The smallest absolute Gasteiger partial charge is 0.194 e. The van der Waals surface area contributed by atoms with Gasteiger partial charge in [-0.3, -0.25) is 0 Å². The molecule has 2 aromatic rings.